The maximum Gasteiger partial charge on any atom is 0.226 e. The zero-order valence-corrected chi connectivity index (χ0v) is 16.0. The van der Waals surface area contributed by atoms with Gasteiger partial charge in [0.15, 0.2) is 0 Å². The van der Waals surface area contributed by atoms with E-state index in [1.807, 2.05) is 18.0 Å². The lowest BCUT2D eigenvalue weighted by Crippen LogP contribution is -2.30. The number of aliphatic hydroxyl groups excluding tert-OH is 1. The number of fused-ring (bicyclic) bond motifs is 1. The van der Waals surface area contributed by atoms with Crippen LogP contribution < -0.4 is 0 Å². The van der Waals surface area contributed by atoms with Gasteiger partial charge >= 0.3 is 0 Å². The van der Waals surface area contributed by atoms with Crippen molar-refractivity contribution in [3.05, 3.63) is 75.3 Å². The lowest BCUT2D eigenvalue weighted by atomic mass is 10.1. The zero-order valence-electron chi connectivity index (χ0n) is 14.5. The number of aromatic nitrogens is 1. The van der Waals surface area contributed by atoms with Crippen LogP contribution in [0.4, 0.5) is 4.39 Å². The van der Waals surface area contributed by atoms with Gasteiger partial charge in [-0.2, -0.15) is 0 Å². The molecule has 1 aromatic heterocycles. The molecule has 0 radical (unpaired) electrons. The molecule has 1 aliphatic carbocycles. The first kappa shape index (κ1) is 18.4. The van der Waals surface area contributed by atoms with E-state index in [4.69, 9.17) is 27.6 Å². The summed E-state index contributed by atoms with van der Waals surface area (Å²) in [4.78, 5) is 6.47. The second-order valence-electron chi connectivity index (χ2n) is 6.74. The van der Waals surface area contributed by atoms with E-state index < -0.39 is 6.10 Å². The standard InChI is InChI=1S/C20H17Cl2FN2O2/c1-25(19-16-6-12(21)7-17(22)15(16)8-18(19)26)9-14-10-27-20(24-14)11-2-4-13(23)5-3-11/h2-7,10,18-19,26H,8-9H2,1H3/t18-,19-/m0/s1. The third kappa shape index (κ3) is 3.60. The number of hydrogen-bond acceptors (Lipinski definition) is 4. The van der Waals surface area contributed by atoms with E-state index in [0.29, 0.717) is 40.2 Å². The van der Waals surface area contributed by atoms with E-state index in [2.05, 4.69) is 4.98 Å². The van der Waals surface area contributed by atoms with Gasteiger partial charge in [-0.25, -0.2) is 9.37 Å². The molecule has 3 aromatic rings. The minimum Gasteiger partial charge on any atom is -0.444 e. The molecular weight excluding hydrogens is 390 g/mol. The molecule has 0 saturated heterocycles. The van der Waals surface area contributed by atoms with E-state index in [1.165, 1.54) is 12.1 Å². The summed E-state index contributed by atoms with van der Waals surface area (Å²) in [7, 11) is 1.91. The maximum absolute atomic E-state index is 13.1. The summed E-state index contributed by atoms with van der Waals surface area (Å²) in [5, 5.41) is 11.7. The number of halogens is 3. The molecule has 0 amide bonds. The average Bonchev–Trinajstić information content (AvgIpc) is 3.19. The Labute approximate surface area is 166 Å². The molecule has 0 aliphatic heterocycles. The van der Waals surface area contributed by atoms with Crippen molar-refractivity contribution in [1.29, 1.82) is 0 Å². The number of rotatable bonds is 4. The highest BCUT2D eigenvalue weighted by Crippen LogP contribution is 2.41. The van der Waals surface area contributed by atoms with Gasteiger partial charge in [-0.1, -0.05) is 23.2 Å². The van der Waals surface area contributed by atoms with Crippen molar-refractivity contribution < 1.29 is 13.9 Å². The Bertz CT molecular complexity index is 975. The van der Waals surface area contributed by atoms with Gasteiger partial charge in [0, 0.05) is 28.6 Å². The first-order chi connectivity index (χ1) is 12.9. The average molecular weight is 407 g/mol. The quantitative estimate of drug-likeness (QED) is 0.670. The highest BCUT2D eigenvalue weighted by atomic mass is 35.5. The van der Waals surface area contributed by atoms with Crippen LogP contribution in [0.3, 0.4) is 0 Å². The molecule has 0 saturated carbocycles. The van der Waals surface area contributed by atoms with Gasteiger partial charge < -0.3 is 9.52 Å². The number of hydrogen-bond donors (Lipinski definition) is 1. The summed E-state index contributed by atoms with van der Waals surface area (Å²) in [5.41, 5.74) is 3.28. The highest BCUT2D eigenvalue weighted by Gasteiger charge is 2.36. The zero-order chi connectivity index (χ0) is 19.1. The van der Waals surface area contributed by atoms with E-state index in [9.17, 15) is 9.50 Å². The molecule has 140 valence electrons. The topological polar surface area (TPSA) is 49.5 Å². The van der Waals surface area contributed by atoms with Crippen LogP contribution in [-0.2, 0) is 13.0 Å². The molecule has 27 heavy (non-hydrogen) atoms. The van der Waals surface area contributed by atoms with Crippen LogP contribution in [-0.4, -0.2) is 28.1 Å². The molecule has 1 aliphatic rings. The fourth-order valence-electron chi connectivity index (χ4n) is 3.62. The number of oxazole rings is 1. The molecule has 0 spiro atoms. The molecular formula is C20H17Cl2FN2O2. The van der Waals surface area contributed by atoms with Gasteiger partial charge in [0.1, 0.15) is 12.1 Å². The van der Waals surface area contributed by atoms with Crippen molar-refractivity contribution >= 4 is 23.2 Å². The van der Waals surface area contributed by atoms with Gasteiger partial charge in [0.25, 0.3) is 0 Å². The minimum atomic E-state index is -0.579. The van der Waals surface area contributed by atoms with E-state index in [0.717, 1.165) is 11.1 Å². The molecule has 1 heterocycles. The van der Waals surface area contributed by atoms with Gasteiger partial charge in [0.2, 0.25) is 5.89 Å². The van der Waals surface area contributed by atoms with E-state index >= 15 is 0 Å². The molecule has 2 aromatic carbocycles. The van der Waals surface area contributed by atoms with Crippen molar-refractivity contribution in [2.75, 3.05) is 7.05 Å². The van der Waals surface area contributed by atoms with Crippen molar-refractivity contribution in [1.82, 2.24) is 9.88 Å². The van der Waals surface area contributed by atoms with Gasteiger partial charge in [-0.15, -0.1) is 0 Å². The smallest absolute Gasteiger partial charge is 0.226 e. The van der Waals surface area contributed by atoms with E-state index in [1.54, 1.807) is 24.5 Å². The monoisotopic (exact) mass is 406 g/mol. The maximum atomic E-state index is 13.1. The van der Waals surface area contributed by atoms with Crippen LogP contribution in [0.15, 0.2) is 47.1 Å². The predicted octanol–water partition coefficient (Wildman–Crippen LogP) is 4.88. The molecule has 0 fully saturated rings. The predicted molar refractivity (Wildman–Crippen MR) is 102 cm³/mol. The van der Waals surface area contributed by atoms with Crippen molar-refractivity contribution in [2.45, 2.75) is 25.1 Å². The normalized spacial score (nSPS) is 18.9. The van der Waals surface area contributed by atoms with Gasteiger partial charge in [-0.05, 0) is 54.6 Å². The Hall–Kier alpha value is -1.92. The van der Waals surface area contributed by atoms with Crippen molar-refractivity contribution in [2.24, 2.45) is 0 Å². The number of likely N-dealkylation sites (N-methyl/N-ethyl adjacent to an activating group) is 1. The Morgan fingerprint density at radius 3 is 2.74 bits per heavy atom. The number of benzene rings is 2. The summed E-state index contributed by atoms with van der Waals surface area (Å²) in [6.07, 6.45) is 1.48. The largest absolute Gasteiger partial charge is 0.444 e. The van der Waals surface area contributed by atoms with Crippen molar-refractivity contribution in [3.8, 4) is 11.5 Å². The highest BCUT2D eigenvalue weighted by molar-refractivity contribution is 6.35. The van der Waals surface area contributed by atoms with Crippen molar-refractivity contribution in [3.63, 3.8) is 0 Å². The molecule has 0 unspecified atom stereocenters. The first-order valence-corrected chi connectivity index (χ1v) is 9.24. The summed E-state index contributed by atoms with van der Waals surface area (Å²) in [5.74, 6) is 0.119. The second kappa shape index (κ2) is 7.24. The fourth-order valence-corrected chi connectivity index (χ4v) is 4.21. The number of aliphatic hydroxyl groups is 1. The molecule has 2 atom stereocenters. The second-order valence-corrected chi connectivity index (χ2v) is 7.58. The van der Waals surface area contributed by atoms with Crippen LogP contribution in [0.1, 0.15) is 22.9 Å². The first-order valence-electron chi connectivity index (χ1n) is 8.49. The Morgan fingerprint density at radius 2 is 2.00 bits per heavy atom. The Balaban J connectivity index is 1.55. The van der Waals surface area contributed by atoms with Crippen LogP contribution in [0.25, 0.3) is 11.5 Å². The van der Waals surface area contributed by atoms with E-state index in [-0.39, 0.29) is 11.9 Å². The van der Waals surface area contributed by atoms with Crippen LogP contribution in [0.2, 0.25) is 10.0 Å². The SMILES string of the molecule is CN(Cc1coc(-c2ccc(F)cc2)n1)[C@H]1c2cc(Cl)cc(Cl)c2C[C@@H]1O. The molecule has 0 bridgehead atoms. The van der Waals surface area contributed by atoms with Gasteiger partial charge in [-0.3, -0.25) is 4.90 Å². The molecule has 4 nitrogen and oxygen atoms in total. The Morgan fingerprint density at radius 1 is 1.26 bits per heavy atom. The van der Waals surface area contributed by atoms with Gasteiger partial charge in [0.05, 0.1) is 17.8 Å². The lowest BCUT2D eigenvalue weighted by Gasteiger charge is -2.27. The third-order valence-corrected chi connectivity index (χ3v) is 5.38. The number of nitrogens with zero attached hydrogens (tertiary/aromatic N) is 2. The summed E-state index contributed by atoms with van der Waals surface area (Å²) in [6.45, 7) is 0.468. The molecule has 4 rings (SSSR count). The Kier molecular flexibility index (Phi) is 4.95. The summed E-state index contributed by atoms with van der Waals surface area (Å²) < 4.78 is 18.6. The fraction of sp³-hybridized carbons (Fsp3) is 0.250. The third-order valence-electron chi connectivity index (χ3n) is 4.82. The summed E-state index contributed by atoms with van der Waals surface area (Å²) in [6, 6.07) is 9.29. The van der Waals surface area contributed by atoms with Crippen LogP contribution in [0, 0.1) is 5.82 Å². The van der Waals surface area contributed by atoms with Crippen LogP contribution >= 0.6 is 23.2 Å². The van der Waals surface area contributed by atoms with Crippen LogP contribution in [0.5, 0.6) is 0 Å². The lowest BCUT2D eigenvalue weighted by molar-refractivity contribution is 0.0718. The summed E-state index contributed by atoms with van der Waals surface area (Å²) >= 11 is 12.4. The molecule has 7 heteroatoms. The molecule has 1 N–H and O–H groups in total. The minimum absolute atomic E-state index is 0.234.